The molecule has 0 spiro atoms. The van der Waals surface area contributed by atoms with Gasteiger partial charge in [-0.05, 0) is 19.2 Å². The number of hydrogen-bond donors (Lipinski definition) is 1. The number of benzene rings is 1. The molecule has 2 heterocycles. The third-order valence-corrected chi connectivity index (χ3v) is 3.46. The molecule has 0 fully saturated rings. The van der Waals surface area contributed by atoms with Crippen LogP contribution in [0.15, 0.2) is 42.7 Å². The SMILES string of the molecule is CNC(c1ccncc1F)c1nn(C)c2ccccc12. The molecule has 1 N–H and O–H groups in total. The molecule has 5 heteroatoms. The minimum Gasteiger partial charge on any atom is -0.308 e. The highest BCUT2D eigenvalue weighted by atomic mass is 19.1. The summed E-state index contributed by atoms with van der Waals surface area (Å²) in [6, 6.07) is 9.31. The second-order valence-corrected chi connectivity index (χ2v) is 4.64. The summed E-state index contributed by atoms with van der Waals surface area (Å²) in [5.74, 6) is -0.332. The number of fused-ring (bicyclic) bond motifs is 1. The van der Waals surface area contributed by atoms with E-state index in [0.29, 0.717) is 5.56 Å². The molecule has 3 rings (SSSR count). The predicted octanol–water partition coefficient (Wildman–Crippen LogP) is 2.42. The van der Waals surface area contributed by atoms with Crippen molar-refractivity contribution in [3.63, 3.8) is 0 Å². The van der Waals surface area contributed by atoms with Crippen molar-refractivity contribution in [1.29, 1.82) is 0 Å². The molecule has 2 aromatic heterocycles. The van der Waals surface area contributed by atoms with E-state index < -0.39 is 0 Å². The first kappa shape index (κ1) is 12.7. The van der Waals surface area contributed by atoms with E-state index in [4.69, 9.17) is 0 Å². The van der Waals surface area contributed by atoms with Gasteiger partial charge in [0.05, 0.1) is 23.4 Å². The van der Waals surface area contributed by atoms with Gasteiger partial charge in [-0.1, -0.05) is 18.2 Å². The zero-order valence-corrected chi connectivity index (χ0v) is 11.3. The molecule has 0 amide bonds. The second kappa shape index (κ2) is 5.02. The third-order valence-electron chi connectivity index (χ3n) is 3.46. The standard InChI is InChI=1S/C15H15FN4/c1-17-14(10-7-8-18-9-12(10)16)15-11-5-3-4-6-13(11)20(2)19-15/h3-9,14,17H,1-2H3. The van der Waals surface area contributed by atoms with Gasteiger partial charge < -0.3 is 5.32 Å². The van der Waals surface area contributed by atoms with Crippen LogP contribution in [-0.2, 0) is 7.05 Å². The molecule has 0 radical (unpaired) electrons. The van der Waals surface area contributed by atoms with Crippen LogP contribution in [0.25, 0.3) is 10.9 Å². The van der Waals surface area contributed by atoms with Crippen molar-refractivity contribution >= 4 is 10.9 Å². The Morgan fingerprint density at radius 2 is 2.05 bits per heavy atom. The molecule has 0 aliphatic rings. The zero-order valence-electron chi connectivity index (χ0n) is 11.3. The maximum Gasteiger partial charge on any atom is 0.146 e. The summed E-state index contributed by atoms with van der Waals surface area (Å²) in [7, 11) is 3.69. The van der Waals surface area contributed by atoms with E-state index in [1.807, 2.05) is 36.0 Å². The molecule has 0 saturated heterocycles. The van der Waals surface area contributed by atoms with Crippen LogP contribution in [0.4, 0.5) is 4.39 Å². The van der Waals surface area contributed by atoms with E-state index in [1.54, 1.807) is 19.3 Å². The molecule has 102 valence electrons. The number of nitrogens with one attached hydrogen (secondary N) is 1. The Bertz CT molecular complexity index is 750. The van der Waals surface area contributed by atoms with Gasteiger partial charge in [-0.15, -0.1) is 0 Å². The fraction of sp³-hybridized carbons (Fsp3) is 0.200. The lowest BCUT2D eigenvalue weighted by atomic mass is 10.0. The summed E-state index contributed by atoms with van der Waals surface area (Å²) in [6.07, 6.45) is 2.82. The van der Waals surface area contributed by atoms with Gasteiger partial charge in [0, 0.05) is 24.2 Å². The molecule has 1 aromatic carbocycles. The van der Waals surface area contributed by atoms with Crippen LogP contribution in [0.1, 0.15) is 17.3 Å². The second-order valence-electron chi connectivity index (χ2n) is 4.64. The van der Waals surface area contributed by atoms with Crippen LogP contribution in [0.3, 0.4) is 0 Å². The van der Waals surface area contributed by atoms with Gasteiger partial charge in [0.15, 0.2) is 0 Å². The summed E-state index contributed by atoms with van der Waals surface area (Å²) in [4.78, 5) is 3.79. The highest BCUT2D eigenvalue weighted by Crippen LogP contribution is 2.28. The summed E-state index contributed by atoms with van der Waals surface area (Å²) in [5.41, 5.74) is 2.39. The minimum atomic E-state index is -0.332. The van der Waals surface area contributed by atoms with Crippen molar-refractivity contribution in [2.45, 2.75) is 6.04 Å². The Kier molecular flexibility index (Phi) is 3.20. The van der Waals surface area contributed by atoms with Crippen molar-refractivity contribution in [1.82, 2.24) is 20.1 Å². The Labute approximate surface area is 116 Å². The van der Waals surface area contributed by atoms with E-state index in [2.05, 4.69) is 15.4 Å². The Hall–Kier alpha value is -2.27. The monoisotopic (exact) mass is 270 g/mol. The molecule has 20 heavy (non-hydrogen) atoms. The number of pyridine rings is 1. The molecule has 0 aliphatic carbocycles. The van der Waals surface area contributed by atoms with Gasteiger partial charge in [0.2, 0.25) is 0 Å². The van der Waals surface area contributed by atoms with Gasteiger partial charge in [-0.2, -0.15) is 5.10 Å². The summed E-state index contributed by atoms with van der Waals surface area (Å²) in [5, 5.41) is 8.70. The largest absolute Gasteiger partial charge is 0.308 e. The Balaban J connectivity index is 2.20. The van der Waals surface area contributed by atoms with E-state index in [-0.39, 0.29) is 11.9 Å². The quantitative estimate of drug-likeness (QED) is 0.794. The maximum atomic E-state index is 14.0. The molecule has 0 saturated carbocycles. The molecule has 1 atom stereocenters. The first-order valence-electron chi connectivity index (χ1n) is 6.40. The number of para-hydroxylation sites is 1. The summed E-state index contributed by atoms with van der Waals surface area (Å²) >= 11 is 0. The highest BCUT2D eigenvalue weighted by Gasteiger charge is 2.21. The smallest absolute Gasteiger partial charge is 0.146 e. The fourth-order valence-electron chi connectivity index (χ4n) is 2.51. The molecule has 4 nitrogen and oxygen atoms in total. The number of nitrogens with zero attached hydrogens (tertiary/aromatic N) is 3. The number of rotatable bonds is 3. The van der Waals surface area contributed by atoms with Crippen LogP contribution in [0.5, 0.6) is 0 Å². The molecule has 0 bridgehead atoms. The summed E-state index contributed by atoms with van der Waals surface area (Å²) < 4.78 is 15.8. The van der Waals surface area contributed by atoms with E-state index >= 15 is 0 Å². The average molecular weight is 270 g/mol. The average Bonchev–Trinajstić information content (AvgIpc) is 2.80. The fourth-order valence-corrected chi connectivity index (χ4v) is 2.51. The van der Waals surface area contributed by atoms with E-state index in [9.17, 15) is 4.39 Å². The minimum absolute atomic E-state index is 0.302. The van der Waals surface area contributed by atoms with Gasteiger partial charge in [-0.25, -0.2) is 4.39 Å². The summed E-state index contributed by atoms with van der Waals surface area (Å²) in [6.45, 7) is 0. The first-order chi connectivity index (χ1) is 9.72. The molecular weight excluding hydrogens is 255 g/mol. The van der Waals surface area contributed by atoms with E-state index in [0.717, 1.165) is 16.6 Å². The molecule has 0 aliphatic heterocycles. The van der Waals surface area contributed by atoms with Crippen molar-refractivity contribution in [2.24, 2.45) is 7.05 Å². The topological polar surface area (TPSA) is 42.7 Å². The Morgan fingerprint density at radius 1 is 1.25 bits per heavy atom. The van der Waals surface area contributed by atoms with Gasteiger partial charge in [0.25, 0.3) is 0 Å². The lowest BCUT2D eigenvalue weighted by Crippen LogP contribution is -2.20. The van der Waals surface area contributed by atoms with Crippen LogP contribution in [-0.4, -0.2) is 21.8 Å². The van der Waals surface area contributed by atoms with Crippen LogP contribution in [0.2, 0.25) is 0 Å². The number of halogens is 1. The van der Waals surface area contributed by atoms with Crippen LogP contribution >= 0.6 is 0 Å². The van der Waals surface area contributed by atoms with Crippen molar-refractivity contribution in [3.8, 4) is 0 Å². The highest BCUT2D eigenvalue weighted by molar-refractivity contribution is 5.82. The maximum absolute atomic E-state index is 14.0. The van der Waals surface area contributed by atoms with Crippen molar-refractivity contribution < 1.29 is 4.39 Å². The third kappa shape index (κ3) is 1.96. The normalized spacial score (nSPS) is 12.8. The van der Waals surface area contributed by atoms with Crippen LogP contribution in [0, 0.1) is 5.82 Å². The lowest BCUT2D eigenvalue weighted by molar-refractivity contribution is 0.562. The lowest BCUT2D eigenvalue weighted by Gasteiger charge is -2.15. The number of aromatic nitrogens is 3. The molecule has 1 unspecified atom stereocenters. The first-order valence-corrected chi connectivity index (χ1v) is 6.40. The predicted molar refractivity (Wildman–Crippen MR) is 75.8 cm³/mol. The molecule has 3 aromatic rings. The van der Waals surface area contributed by atoms with Gasteiger partial charge >= 0.3 is 0 Å². The van der Waals surface area contributed by atoms with E-state index in [1.165, 1.54) is 6.20 Å². The Morgan fingerprint density at radius 3 is 2.80 bits per heavy atom. The number of hydrogen-bond acceptors (Lipinski definition) is 3. The van der Waals surface area contributed by atoms with Crippen molar-refractivity contribution in [3.05, 3.63) is 59.8 Å². The van der Waals surface area contributed by atoms with Gasteiger partial charge in [0.1, 0.15) is 5.82 Å². The molecular formula is C15H15FN4. The van der Waals surface area contributed by atoms with Gasteiger partial charge in [-0.3, -0.25) is 9.67 Å². The zero-order chi connectivity index (χ0) is 14.1. The van der Waals surface area contributed by atoms with Crippen molar-refractivity contribution in [2.75, 3.05) is 7.05 Å². The van der Waals surface area contributed by atoms with Crippen LogP contribution < -0.4 is 5.32 Å². The number of aryl methyl sites for hydroxylation is 1.